The first-order valence-corrected chi connectivity index (χ1v) is 12.1. The summed E-state index contributed by atoms with van der Waals surface area (Å²) >= 11 is 0. The molecule has 8 unspecified atom stereocenters. The van der Waals surface area contributed by atoms with Crippen LogP contribution in [-0.2, 0) is 18.9 Å². The first-order chi connectivity index (χ1) is 13.9. The summed E-state index contributed by atoms with van der Waals surface area (Å²) in [5.74, 6) is 0.475. The fourth-order valence-corrected chi connectivity index (χ4v) is 4.77. The lowest BCUT2D eigenvalue weighted by molar-refractivity contribution is -0.316. The lowest BCUT2D eigenvalue weighted by Gasteiger charge is -2.46. The normalized spacial score (nSPS) is 38.0. The average Bonchev–Trinajstić information content (AvgIpc) is 2.71. The van der Waals surface area contributed by atoms with Crippen molar-refractivity contribution in [3.63, 3.8) is 0 Å². The van der Waals surface area contributed by atoms with E-state index >= 15 is 0 Å². The summed E-state index contributed by atoms with van der Waals surface area (Å²) in [4.78, 5) is 0. The molecule has 0 saturated carbocycles. The Hall–Kier alpha value is -0.200. The highest BCUT2D eigenvalue weighted by Crippen LogP contribution is 2.38. The van der Waals surface area contributed by atoms with Crippen LogP contribution in [0.4, 0.5) is 0 Å². The zero-order valence-corrected chi connectivity index (χ0v) is 19.7. The van der Waals surface area contributed by atoms with E-state index < -0.39 is 5.79 Å². The van der Waals surface area contributed by atoms with Crippen molar-refractivity contribution < 1.29 is 24.1 Å². The molecule has 8 atom stereocenters. The van der Waals surface area contributed by atoms with Crippen molar-refractivity contribution in [1.82, 2.24) is 0 Å². The predicted octanol–water partition coefficient (Wildman–Crippen LogP) is 5.29. The number of rotatable bonds is 11. The van der Waals surface area contributed by atoms with Crippen molar-refractivity contribution >= 4 is 0 Å². The SMILES string of the molecule is CCCCC(CC)C1OCC(CC2OC(C)(CC)OCC2CC(C)O)C(CC)O1. The Bertz CT molecular complexity index is 457. The summed E-state index contributed by atoms with van der Waals surface area (Å²) in [6, 6.07) is 0. The molecule has 0 radical (unpaired) electrons. The van der Waals surface area contributed by atoms with Crippen LogP contribution in [0.25, 0.3) is 0 Å². The fraction of sp³-hybridized carbons (Fsp3) is 1.00. The van der Waals surface area contributed by atoms with Gasteiger partial charge in [-0.2, -0.15) is 0 Å². The van der Waals surface area contributed by atoms with Gasteiger partial charge in [0, 0.05) is 17.8 Å². The Morgan fingerprint density at radius 2 is 1.83 bits per heavy atom. The van der Waals surface area contributed by atoms with Gasteiger partial charge in [-0.25, -0.2) is 0 Å². The zero-order valence-electron chi connectivity index (χ0n) is 19.7. The third-order valence-electron chi connectivity index (χ3n) is 6.90. The Morgan fingerprint density at radius 1 is 1.07 bits per heavy atom. The minimum atomic E-state index is -0.534. The quantitative estimate of drug-likeness (QED) is 0.498. The van der Waals surface area contributed by atoms with Crippen LogP contribution in [0.5, 0.6) is 0 Å². The number of ether oxygens (including phenoxy) is 4. The molecule has 5 nitrogen and oxygen atoms in total. The van der Waals surface area contributed by atoms with Gasteiger partial charge in [0.1, 0.15) is 0 Å². The monoisotopic (exact) mass is 414 g/mol. The second-order valence-corrected chi connectivity index (χ2v) is 9.39. The third kappa shape index (κ3) is 7.17. The first kappa shape index (κ1) is 25.1. The molecular formula is C24H46O5. The number of hydrogen-bond acceptors (Lipinski definition) is 5. The smallest absolute Gasteiger partial charge is 0.165 e. The molecule has 2 aliphatic heterocycles. The molecular weight excluding hydrogens is 368 g/mol. The van der Waals surface area contributed by atoms with Crippen molar-refractivity contribution in [2.75, 3.05) is 13.2 Å². The van der Waals surface area contributed by atoms with Gasteiger partial charge in [0.15, 0.2) is 12.1 Å². The van der Waals surface area contributed by atoms with E-state index in [2.05, 4.69) is 27.7 Å². The van der Waals surface area contributed by atoms with Gasteiger partial charge in [-0.05, 0) is 52.4 Å². The Balaban J connectivity index is 2.02. The molecule has 172 valence electrons. The van der Waals surface area contributed by atoms with Crippen molar-refractivity contribution in [3.8, 4) is 0 Å². The maximum absolute atomic E-state index is 9.95. The molecule has 0 amide bonds. The van der Waals surface area contributed by atoms with Gasteiger partial charge in [-0.3, -0.25) is 0 Å². The molecule has 0 aliphatic carbocycles. The predicted molar refractivity (Wildman–Crippen MR) is 116 cm³/mol. The van der Waals surface area contributed by atoms with Crippen molar-refractivity contribution in [3.05, 3.63) is 0 Å². The number of hydrogen-bond donors (Lipinski definition) is 1. The van der Waals surface area contributed by atoms with Gasteiger partial charge >= 0.3 is 0 Å². The van der Waals surface area contributed by atoms with E-state index in [1.165, 1.54) is 19.3 Å². The van der Waals surface area contributed by atoms with E-state index in [0.717, 1.165) is 32.3 Å². The molecule has 5 heteroatoms. The molecule has 0 aromatic heterocycles. The fourth-order valence-electron chi connectivity index (χ4n) is 4.77. The van der Waals surface area contributed by atoms with Crippen molar-refractivity contribution in [2.24, 2.45) is 17.8 Å². The second-order valence-electron chi connectivity index (χ2n) is 9.39. The molecule has 2 aliphatic rings. The maximum Gasteiger partial charge on any atom is 0.165 e. The lowest BCUT2D eigenvalue weighted by atomic mass is 9.85. The summed E-state index contributed by atoms with van der Waals surface area (Å²) in [6.45, 7) is 14.0. The van der Waals surface area contributed by atoms with Crippen LogP contribution in [0.15, 0.2) is 0 Å². The summed E-state index contributed by atoms with van der Waals surface area (Å²) < 4.78 is 25.2. The van der Waals surface area contributed by atoms with Crippen LogP contribution >= 0.6 is 0 Å². The van der Waals surface area contributed by atoms with Crippen LogP contribution < -0.4 is 0 Å². The Morgan fingerprint density at radius 3 is 2.41 bits per heavy atom. The number of aliphatic hydroxyl groups is 1. The maximum atomic E-state index is 9.95. The first-order valence-electron chi connectivity index (χ1n) is 12.1. The lowest BCUT2D eigenvalue weighted by Crippen LogP contribution is -2.51. The average molecular weight is 415 g/mol. The number of unbranched alkanes of at least 4 members (excludes halogenated alkanes) is 1. The van der Waals surface area contributed by atoms with Gasteiger partial charge in [-0.1, -0.05) is 40.5 Å². The van der Waals surface area contributed by atoms with Gasteiger partial charge in [0.25, 0.3) is 0 Å². The van der Waals surface area contributed by atoms with E-state index in [4.69, 9.17) is 18.9 Å². The Labute approximate surface area is 178 Å². The molecule has 0 aromatic rings. The Kier molecular flexibility index (Phi) is 10.4. The second kappa shape index (κ2) is 12.0. The molecule has 2 saturated heterocycles. The van der Waals surface area contributed by atoms with Crippen molar-refractivity contribution in [2.45, 2.75) is 123 Å². The van der Waals surface area contributed by atoms with E-state index in [0.29, 0.717) is 24.9 Å². The molecule has 2 heterocycles. The van der Waals surface area contributed by atoms with E-state index in [-0.39, 0.29) is 30.5 Å². The van der Waals surface area contributed by atoms with Crippen LogP contribution in [0.3, 0.4) is 0 Å². The van der Waals surface area contributed by atoms with Crippen LogP contribution in [-0.4, -0.2) is 48.7 Å². The highest BCUT2D eigenvalue weighted by molar-refractivity contribution is 4.86. The molecule has 0 aromatic carbocycles. The molecule has 2 fully saturated rings. The van der Waals surface area contributed by atoms with Gasteiger partial charge < -0.3 is 24.1 Å². The largest absolute Gasteiger partial charge is 0.393 e. The summed E-state index contributed by atoms with van der Waals surface area (Å²) in [5.41, 5.74) is 0. The third-order valence-corrected chi connectivity index (χ3v) is 6.90. The molecule has 0 spiro atoms. The van der Waals surface area contributed by atoms with Gasteiger partial charge in [-0.15, -0.1) is 0 Å². The highest BCUT2D eigenvalue weighted by atomic mass is 16.7. The van der Waals surface area contributed by atoms with Crippen LogP contribution in [0, 0.1) is 17.8 Å². The summed E-state index contributed by atoms with van der Waals surface area (Å²) in [5, 5.41) is 9.95. The van der Waals surface area contributed by atoms with Crippen molar-refractivity contribution in [1.29, 1.82) is 0 Å². The van der Waals surface area contributed by atoms with Crippen LogP contribution in [0.1, 0.15) is 92.9 Å². The van der Waals surface area contributed by atoms with Crippen LogP contribution in [0.2, 0.25) is 0 Å². The van der Waals surface area contributed by atoms with Gasteiger partial charge in [0.05, 0.1) is 31.5 Å². The molecule has 2 rings (SSSR count). The minimum absolute atomic E-state index is 0.0631. The molecule has 1 N–H and O–H groups in total. The van der Waals surface area contributed by atoms with E-state index in [1.54, 1.807) is 0 Å². The van der Waals surface area contributed by atoms with Gasteiger partial charge in [0.2, 0.25) is 0 Å². The van der Waals surface area contributed by atoms with E-state index in [9.17, 15) is 5.11 Å². The standard InChI is InChI=1S/C24H46O5/c1-7-11-12-18(8-2)23-26-15-20(21(9-3)28-23)14-22-19(13-17(5)25)16-27-24(6,10-4)29-22/h17-23,25H,7-16H2,1-6H3. The topological polar surface area (TPSA) is 57.2 Å². The number of aliphatic hydroxyl groups excluding tert-OH is 1. The zero-order chi connectivity index (χ0) is 21.4. The molecule has 0 bridgehead atoms. The molecule has 29 heavy (non-hydrogen) atoms. The summed E-state index contributed by atoms with van der Waals surface area (Å²) in [7, 11) is 0. The highest BCUT2D eigenvalue weighted by Gasteiger charge is 2.42. The summed E-state index contributed by atoms with van der Waals surface area (Å²) in [6.07, 6.45) is 7.96. The van der Waals surface area contributed by atoms with E-state index in [1.807, 2.05) is 13.8 Å². The minimum Gasteiger partial charge on any atom is -0.393 e.